The maximum absolute atomic E-state index is 13.5. The molecule has 1 aromatic heterocycles. The third kappa shape index (κ3) is 5.88. The summed E-state index contributed by atoms with van der Waals surface area (Å²) in [5.74, 6) is -1.15. The molecule has 29 heavy (non-hydrogen) atoms. The minimum absolute atomic E-state index is 0. The van der Waals surface area contributed by atoms with Gasteiger partial charge < -0.3 is 9.94 Å². The molecule has 0 unspecified atom stereocenters. The lowest BCUT2D eigenvalue weighted by atomic mass is 10.0. The number of aliphatic carboxylic acids is 1. The number of hydrogen-bond donors (Lipinski definition) is 1. The summed E-state index contributed by atoms with van der Waals surface area (Å²) in [7, 11) is 0. The van der Waals surface area contributed by atoms with E-state index in [9.17, 15) is 9.18 Å². The van der Waals surface area contributed by atoms with Crippen LogP contribution in [0, 0.1) is 19.7 Å². The summed E-state index contributed by atoms with van der Waals surface area (Å²) in [6, 6.07) is 6.65. The second-order valence-electron chi connectivity index (χ2n) is 6.76. The SMILES string of the molecule is Cc1cc(F)ccc1/C(=N/OCCN1CCC=C(C(=O)O)C1)c1sccc1C.Cl. The Morgan fingerprint density at radius 3 is 2.76 bits per heavy atom. The lowest BCUT2D eigenvalue weighted by Crippen LogP contribution is -2.34. The van der Waals surface area contributed by atoms with Gasteiger partial charge in [-0.2, -0.15) is 0 Å². The lowest BCUT2D eigenvalue weighted by Gasteiger charge is -2.24. The van der Waals surface area contributed by atoms with Crippen molar-refractivity contribution in [2.24, 2.45) is 5.16 Å². The van der Waals surface area contributed by atoms with Crippen molar-refractivity contribution in [1.29, 1.82) is 0 Å². The molecule has 3 rings (SSSR count). The van der Waals surface area contributed by atoms with Gasteiger partial charge >= 0.3 is 5.97 Å². The molecule has 0 bridgehead atoms. The van der Waals surface area contributed by atoms with Gasteiger partial charge in [0.25, 0.3) is 0 Å². The predicted molar refractivity (Wildman–Crippen MR) is 116 cm³/mol. The van der Waals surface area contributed by atoms with Gasteiger partial charge in [0.15, 0.2) is 0 Å². The largest absolute Gasteiger partial charge is 0.478 e. The van der Waals surface area contributed by atoms with E-state index < -0.39 is 5.97 Å². The molecule has 0 saturated heterocycles. The van der Waals surface area contributed by atoms with Crippen LogP contribution in [0.4, 0.5) is 4.39 Å². The third-order valence-electron chi connectivity index (χ3n) is 4.68. The van der Waals surface area contributed by atoms with Gasteiger partial charge in [0.1, 0.15) is 18.1 Å². The molecule has 2 heterocycles. The quantitative estimate of drug-likeness (QED) is 0.395. The van der Waals surface area contributed by atoms with Crippen molar-refractivity contribution in [3.8, 4) is 0 Å². The van der Waals surface area contributed by atoms with Crippen molar-refractivity contribution < 1.29 is 19.1 Å². The first kappa shape index (κ1) is 23.1. The molecule has 0 amide bonds. The van der Waals surface area contributed by atoms with Crippen LogP contribution in [0.5, 0.6) is 0 Å². The Balaban J connectivity index is 0.00000300. The van der Waals surface area contributed by atoms with E-state index in [0.29, 0.717) is 31.0 Å². The molecular weight excluding hydrogens is 415 g/mol. The summed E-state index contributed by atoms with van der Waals surface area (Å²) < 4.78 is 13.5. The zero-order valence-electron chi connectivity index (χ0n) is 16.4. The van der Waals surface area contributed by atoms with Crippen LogP contribution in [0.25, 0.3) is 0 Å². The molecule has 1 aliphatic rings. The number of carboxylic acid groups (broad SMARTS) is 1. The van der Waals surface area contributed by atoms with E-state index in [1.54, 1.807) is 23.5 Å². The van der Waals surface area contributed by atoms with Crippen molar-refractivity contribution in [3.05, 3.63) is 68.7 Å². The second-order valence-corrected chi connectivity index (χ2v) is 7.68. The average molecular weight is 439 g/mol. The van der Waals surface area contributed by atoms with Crippen LogP contribution in [-0.2, 0) is 9.63 Å². The van der Waals surface area contributed by atoms with Crippen molar-refractivity contribution >= 4 is 35.4 Å². The third-order valence-corrected chi connectivity index (χ3v) is 5.70. The van der Waals surface area contributed by atoms with Crippen LogP contribution in [0.2, 0.25) is 0 Å². The Labute approximate surface area is 179 Å². The molecule has 2 aromatic rings. The molecule has 0 radical (unpaired) electrons. The first-order valence-electron chi connectivity index (χ1n) is 9.11. The molecule has 1 aliphatic heterocycles. The van der Waals surface area contributed by atoms with Crippen LogP contribution < -0.4 is 0 Å². The molecule has 0 saturated carbocycles. The highest BCUT2D eigenvalue weighted by atomic mass is 35.5. The summed E-state index contributed by atoms with van der Waals surface area (Å²) in [5.41, 5.74) is 3.83. The minimum atomic E-state index is -0.870. The molecular formula is C21H24ClFN2O3S. The maximum Gasteiger partial charge on any atom is 0.332 e. The number of aryl methyl sites for hydroxylation is 2. The van der Waals surface area contributed by atoms with Crippen molar-refractivity contribution in [3.63, 3.8) is 0 Å². The highest BCUT2D eigenvalue weighted by Crippen LogP contribution is 2.23. The summed E-state index contributed by atoms with van der Waals surface area (Å²) in [6.45, 7) is 6.01. The summed E-state index contributed by atoms with van der Waals surface area (Å²) >= 11 is 1.57. The number of benzene rings is 1. The van der Waals surface area contributed by atoms with Gasteiger partial charge in [-0.05, 0) is 61.0 Å². The Bertz CT molecular complexity index is 926. The first-order chi connectivity index (χ1) is 13.5. The van der Waals surface area contributed by atoms with Crippen LogP contribution in [0.15, 0.2) is 46.5 Å². The lowest BCUT2D eigenvalue weighted by molar-refractivity contribution is -0.133. The number of halogens is 2. The van der Waals surface area contributed by atoms with Crippen molar-refractivity contribution in [1.82, 2.24) is 4.90 Å². The number of hydrogen-bond acceptors (Lipinski definition) is 5. The van der Waals surface area contributed by atoms with E-state index in [0.717, 1.165) is 34.5 Å². The van der Waals surface area contributed by atoms with E-state index in [1.165, 1.54) is 12.1 Å². The molecule has 1 N–H and O–H groups in total. The number of nitrogens with zero attached hydrogens (tertiary/aromatic N) is 2. The van der Waals surface area contributed by atoms with Gasteiger partial charge in [0.05, 0.1) is 4.88 Å². The van der Waals surface area contributed by atoms with Gasteiger partial charge in [-0.15, -0.1) is 23.7 Å². The number of carboxylic acids is 1. The zero-order chi connectivity index (χ0) is 20.1. The number of thiophene rings is 1. The molecule has 1 aromatic carbocycles. The van der Waals surface area contributed by atoms with Crippen LogP contribution in [-0.4, -0.2) is 47.9 Å². The van der Waals surface area contributed by atoms with Gasteiger partial charge in [0.2, 0.25) is 0 Å². The standard InChI is InChI=1S/C21H23FN2O3S.ClH/c1-14-7-11-28-20(14)19(18-6-5-17(22)12-15(18)2)23-27-10-9-24-8-3-4-16(13-24)21(25)26;/h4-7,11-12H,3,8-10,13H2,1-2H3,(H,25,26);1H/b23-19-;. The van der Waals surface area contributed by atoms with Crippen molar-refractivity contribution in [2.45, 2.75) is 20.3 Å². The average Bonchev–Trinajstić information content (AvgIpc) is 3.08. The Morgan fingerprint density at radius 1 is 1.31 bits per heavy atom. The van der Waals surface area contributed by atoms with Gasteiger partial charge in [0, 0.05) is 30.8 Å². The fourth-order valence-electron chi connectivity index (χ4n) is 3.15. The van der Waals surface area contributed by atoms with Crippen molar-refractivity contribution in [2.75, 3.05) is 26.2 Å². The fraction of sp³-hybridized carbons (Fsp3) is 0.333. The minimum Gasteiger partial charge on any atom is -0.478 e. The van der Waals surface area contributed by atoms with Crippen LogP contribution in [0.3, 0.4) is 0 Å². The number of rotatable bonds is 7. The zero-order valence-corrected chi connectivity index (χ0v) is 18.0. The van der Waals surface area contributed by atoms with E-state index in [-0.39, 0.29) is 18.2 Å². The summed E-state index contributed by atoms with van der Waals surface area (Å²) in [5, 5.41) is 15.5. The van der Waals surface area contributed by atoms with Gasteiger partial charge in [-0.25, -0.2) is 9.18 Å². The summed E-state index contributed by atoms with van der Waals surface area (Å²) in [6.07, 6.45) is 2.49. The molecule has 0 aliphatic carbocycles. The molecule has 8 heteroatoms. The van der Waals surface area contributed by atoms with Gasteiger partial charge in [-0.1, -0.05) is 11.2 Å². The van der Waals surface area contributed by atoms with E-state index in [2.05, 4.69) is 5.16 Å². The van der Waals surface area contributed by atoms with Gasteiger partial charge in [-0.3, -0.25) is 4.90 Å². The van der Waals surface area contributed by atoms with E-state index in [4.69, 9.17) is 9.94 Å². The second kappa shape index (κ2) is 10.5. The molecule has 156 valence electrons. The Kier molecular flexibility index (Phi) is 8.37. The molecule has 0 spiro atoms. The normalized spacial score (nSPS) is 14.9. The molecule has 5 nitrogen and oxygen atoms in total. The molecule has 0 fully saturated rings. The Hall–Kier alpha value is -2.22. The predicted octanol–water partition coefficient (Wildman–Crippen LogP) is 4.41. The van der Waals surface area contributed by atoms with E-state index in [1.807, 2.05) is 30.2 Å². The smallest absolute Gasteiger partial charge is 0.332 e. The van der Waals surface area contributed by atoms with Crippen LogP contribution >= 0.6 is 23.7 Å². The topological polar surface area (TPSA) is 62.1 Å². The number of carbonyl (C=O) groups is 1. The maximum atomic E-state index is 13.5. The highest BCUT2D eigenvalue weighted by Gasteiger charge is 2.18. The summed E-state index contributed by atoms with van der Waals surface area (Å²) in [4.78, 5) is 19.8. The first-order valence-corrected chi connectivity index (χ1v) is 9.99. The van der Waals surface area contributed by atoms with Crippen LogP contribution in [0.1, 0.15) is 28.0 Å². The fourth-order valence-corrected chi connectivity index (χ4v) is 4.07. The Morgan fingerprint density at radius 2 is 2.10 bits per heavy atom. The molecule has 0 atom stereocenters. The monoisotopic (exact) mass is 438 g/mol. The number of oxime groups is 1. The highest BCUT2D eigenvalue weighted by molar-refractivity contribution is 7.12. The van der Waals surface area contributed by atoms with E-state index >= 15 is 0 Å².